The summed E-state index contributed by atoms with van der Waals surface area (Å²) >= 11 is 0. The molecule has 0 aromatic heterocycles. The molecule has 0 saturated carbocycles. The van der Waals surface area contributed by atoms with Crippen LogP contribution in [0.15, 0.2) is 0 Å². The molecule has 2 aliphatic rings. The second-order valence-electron chi connectivity index (χ2n) is 5.89. The Labute approximate surface area is 97.3 Å². The van der Waals surface area contributed by atoms with Crippen molar-refractivity contribution >= 4 is 6.09 Å². The fourth-order valence-electron chi connectivity index (χ4n) is 2.31. The van der Waals surface area contributed by atoms with Crippen LogP contribution in [0.3, 0.4) is 0 Å². The van der Waals surface area contributed by atoms with Crippen LogP contribution in [-0.2, 0) is 4.74 Å². The Morgan fingerprint density at radius 3 is 2.50 bits per heavy atom. The number of rotatable bonds is 1. The molecule has 0 bridgehead atoms. The van der Waals surface area contributed by atoms with E-state index in [0.717, 1.165) is 38.5 Å². The van der Waals surface area contributed by atoms with E-state index in [9.17, 15) is 4.79 Å². The lowest BCUT2D eigenvalue weighted by atomic mass is 9.87. The van der Waals surface area contributed by atoms with Crippen LogP contribution < -0.4 is 5.32 Å². The Balaban J connectivity index is 1.81. The minimum Gasteiger partial charge on any atom is -0.444 e. The lowest BCUT2D eigenvalue weighted by Gasteiger charge is -2.32. The summed E-state index contributed by atoms with van der Waals surface area (Å²) in [6, 6.07) is 0. The molecule has 2 saturated heterocycles. The van der Waals surface area contributed by atoms with Crippen LogP contribution in [0.25, 0.3) is 0 Å². The summed E-state index contributed by atoms with van der Waals surface area (Å²) in [4.78, 5) is 13.7. The molecular formula is C12H22N2O2. The van der Waals surface area contributed by atoms with Gasteiger partial charge in [-0.25, -0.2) is 4.79 Å². The second kappa shape index (κ2) is 4.24. The van der Waals surface area contributed by atoms with Crippen molar-refractivity contribution in [2.24, 2.45) is 11.8 Å². The van der Waals surface area contributed by atoms with Crippen molar-refractivity contribution < 1.29 is 9.53 Å². The molecule has 1 amide bonds. The van der Waals surface area contributed by atoms with Gasteiger partial charge in [0.15, 0.2) is 0 Å². The molecule has 1 N–H and O–H groups in total. The molecule has 0 unspecified atom stereocenters. The minimum absolute atomic E-state index is 0.151. The van der Waals surface area contributed by atoms with E-state index in [1.165, 1.54) is 0 Å². The zero-order valence-corrected chi connectivity index (χ0v) is 10.5. The smallest absolute Gasteiger partial charge is 0.410 e. The monoisotopic (exact) mass is 226 g/mol. The average molecular weight is 226 g/mol. The number of hydrogen-bond acceptors (Lipinski definition) is 3. The first kappa shape index (κ1) is 11.7. The molecule has 2 aliphatic heterocycles. The van der Waals surface area contributed by atoms with Crippen LogP contribution in [0.4, 0.5) is 4.79 Å². The molecule has 0 aromatic rings. The first-order chi connectivity index (χ1) is 7.46. The SMILES string of the molecule is CC(C)(C)OC(=O)N1CC[C@H](C2CNC2)C1. The molecule has 2 heterocycles. The molecule has 1 atom stereocenters. The van der Waals surface area contributed by atoms with Gasteiger partial charge in [-0.15, -0.1) is 0 Å². The summed E-state index contributed by atoms with van der Waals surface area (Å²) in [5, 5.41) is 3.29. The Bertz CT molecular complexity index is 269. The van der Waals surface area contributed by atoms with Gasteiger partial charge in [0.1, 0.15) is 5.60 Å². The van der Waals surface area contributed by atoms with Crippen molar-refractivity contribution in [2.45, 2.75) is 32.8 Å². The lowest BCUT2D eigenvalue weighted by Crippen LogP contribution is -2.47. The van der Waals surface area contributed by atoms with Crippen molar-refractivity contribution in [1.29, 1.82) is 0 Å². The maximum Gasteiger partial charge on any atom is 0.410 e. The van der Waals surface area contributed by atoms with E-state index < -0.39 is 0 Å². The third-order valence-corrected chi connectivity index (χ3v) is 3.36. The van der Waals surface area contributed by atoms with Crippen LogP contribution in [-0.4, -0.2) is 42.8 Å². The summed E-state index contributed by atoms with van der Waals surface area (Å²) in [6.07, 6.45) is 0.980. The van der Waals surface area contributed by atoms with Gasteiger partial charge in [-0.2, -0.15) is 0 Å². The fraction of sp³-hybridized carbons (Fsp3) is 0.917. The highest BCUT2D eigenvalue weighted by atomic mass is 16.6. The Morgan fingerprint density at radius 2 is 2.00 bits per heavy atom. The maximum absolute atomic E-state index is 11.8. The van der Waals surface area contributed by atoms with Crippen LogP contribution in [0, 0.1) is 11.8 Å². The number of likely N-dealkylation sites (tertiary alicyclic amines) is 1. The first-order valence-corrected chi connectivity index (χ1v) is 6.14. The van der Waals surface area contributed by atoms with Crippen molar-refractivity contribution in [1.82, 2.24) is 10.2 Å². The summed E-state index contributed by atoms with van der Waals surface area (Å²) in [5.74, 6) is 1.45. The predicted octanol–water partition coefficient (Wildman–Crippen LogP) is 1.46. The first-order valence-electron chi connectivity index (χ1n) is 6.14. The van der Waals surface area contributed by atoms with Crippen molar-refractivity contribution in [3.05, 3.63) is 0 Å². The molecule has 0 radical (unpaired) electrons. The molecule has 0 aliphatic carbocycles. The van der Waals surface area contributed by atoms with Gasteiger partial charge in [0.25, 0.3) is 0 Å². The average Bonchev–Trinajstić information content (AvgIpc) is 2.46. The van der Waals surface area contributed by atoms with E-state index in [1.807, 2.05) is 25.7 Å². The number of carbonyl (C=O) groups excluding carboxylic acids is 1. The standard InChI is InChI=1S/C12H22N2O2/c1-12(2,3)16-11(15)14-5-4-9(8-14)10-6-13-7-10/h9-10,13H,4-8H2,1-3H3/t9-/m0/s1. The summed E-state index contributed by atoms with van der Waals surface area (Å²) in [5.41, 5.74) is -0.382. The van der Waals surface area contributed by atoms with Crippen molar-refractivity contribution in [3.63, 3.8) is 0 Å². The van der Waals surface area contributed by atoms with Gasteiger partial charge in [-0.1, -0.05) is 0 Å². The molecule has 4 heteroatoms. The number of carbonyl (C=O) groups is 1. The predicted molar refractivity (Wildman–Crippen MR) is 62.3 cm³/mol. The van der Waals surface area contributed by atoms with Crippen LogP contribution in [0.2, 0.25) is 0 Å². The maximum atomic E-state index is 11.8. The van der Waals surface area contributed by atoms with E-state index in [1.54, 1.807) is 0 Å². The zero-order valence-electron chi connectivity index (χ0n) is 10.5. The van der Waals surface area contributed by atoms with E-state index in [2.05, 4.69) is 5.32 Å². The Kier molecular flexibility index (Phi) is 3.10. The minimum atomic E-state index is -0.382. The molecule has 2 fully saturated rings. The van der Waals surface area contributed by atoms with Gasteiger partial charge in [-0.05, 0) is 52.1 Å². The van der Waals surface area contributed by atoms with Crippen molar-refractivity contribution in [3.8, 4) is 0 Å². The van der Waals surface area contributed by atoms with Crippen molar-refractivity contribution in [2.75, 3.05) is 26.2 Å². The summed E-state index contributed by atoms with van der Waals surface area (Å²) < 4.78 is 5.37. The molecule has 16 heavy (non-hydrogen) atoms. The number of hydrogen-bond donors (Lipinski definition) is 1. The van der Waals surface area contributed by atoms with E-state index >= 15 is 0 Å². The highest BCUT2D eigenvalue weighted by molar-refractivity contribution is 5.68. The molecule has 4 nitrogen and oxygen atoms in total. The van der Waals surface area contributed by atoms with E-state index in [-0.39, 0.29) is 11.7 Å². The molecular weight excluding hydrogens is 204 g/mol. The fourth-order valence-corrected chi connectivity index (χ4v) is 2.31. The zero-order chi connectivity index (χ0) is 11.8. The van der Waals surface area contributed by atoms with Gasteiger partial charge in [0.05, 0.1) is 0 Å². The Morgan fingerprint density at radius 1 is 1.31 bits per heavy atom. The normalized spacial score (nSPS) is 26.7. The number of ether oxygens (including phenoxy) is 1. The lowest BCUT2D eigenvalue weighted by molar-refractivity contribution is 0.0280. The van der Waals surface area contributed by atoms with Gasteiger partial charge < -0.3 is 15.0 Å². The highest BCUT2D eigenvalue weighted by Gasteiger charge is 2.35. The summed E-state index contributed by atoms with van der Waals surface area (Å²) in [7, 11) is 0. The molecule has 2 rings (SSSR count). The molecule has 92 valence electrons. The molecule has 0 spiro atoms. The third-order valence-electron chi connectivity index (χ3n) is 3.36. The third kappa shape index (κ3) is 2.67. The van der Waals surface area contributed by atoms with E-state index in [0.29, 0.717) is 5.92 Å². The number of nitrogens with one attached hydrogen (secondary N) is 1. The number of amides is 1. The highest BCUT2D eigenvalue weighted by Crippen LogP contribution is 2.27. The number of nitrogens with zero attached hydrogens (tertiary/aromatic N) is 1. The van der Waals surface area contributed by atoms with E-state index in [4.69, 9.17) is 4.74 Å². The van der Waals surface area contributed by atoms with Gasteiger partial charge in [-0.3, -0.25) is 0 Å². The van der Waals surface area contributed by atoms with Crippen LogP contribution >= 0.6 is 0 Å². The van der Waals surface area contributed by atoms with Crippen LogP contribution in [0.5, 0.6) is 0 Å². The van der Waals surface area contributed by atoms with Gasteiger partial charge in [0.2, 0.25) is 0 Å². The summed E-state index contributed by atoms with van der Waals surface area (Å²) in [6.45, 7) is 9.70. The van der Waals surface area contributed by atoms with Gasteiger partial charge in [0, 0.05) is 13.1 Å². The van der Waals surface area contributed by atoms with Crippen LogP contribution in [0.1, 0.15) is 27.2 Å². The Hall–Kier alpha value is -0.770. The quantitative estimate of drug-likeness (QED) is 0.736. The topological polar surface area (TPSA) is 41.6 Å². The van der Waals surface area contributed by atoms with Gasteiger partial charge >= 0.3 is 6.09 Å². The largest absolute Gasteiger partial charge is 0.444 e. The second-order valence-corrected chi connectivity index (χ2v) is 5.89. The molecule has 0 aromatic carbocycles.